The number of fused-ring (bicyclic) bond motifs is 4. The van der Waals surface area contributed by atoms with E-state index in [1.807, 2.05) is 24.3 Å². The molecule has 0 saturated heterocycles. The van der Waals surface area contributed by atoms with Gasteiger partial charge in [-0.2, -0.15) is 0 Å². The number of benzene rings is 4. The zero-order chi connectivity index (χ0) is 17.5. The van der Waals surface area contributed by atoms with Crippen LogP contribution in [0.3, 0.4) is 0 Å². The van der Waals surface area contributed by atoms with Gasteiger partial charge in [0.05, 0.1) is 10.5 Å². The van der Waals surface area contributed by atoms with Crippen molar-refractivity contribution in [3.05, 3.63) is 90.1 Å². The average Bonchev–Trinajstić information content (AvgIpc) is 2.68. The van der Waals surface area contributed by atoms with Crippen molar-refractivity contribution >= 4 is 55.4 Å². The molecule has 0 aliphatic heterocycles. The van der Waals surface area contributed by atoms with Crippen molar-refractivity contribution in [1.29, 1.82) is 0 Å². The lowest BCUT2D eigenvalue weighted by Crippen LogP contribution is -1.93. The topological polar surface area (TPSA) is 24.9 Å². The number of hydrogen-bond donors (Lipinski definition) is 1. The van der Waals surface area contributed by atoms with Crippen LogP contribution in [-0.2, 0) is 0 Å². The molecule has 124 valence electrons. The number of rotatable bonds is 2. The third kappa shape index (κ3) is 2.56. The van der Waals surface area contributed by atoms with Crippen molar-refractivity contribution in [1.82, 2.24) is 4.98 Å². The predicted molar refractivity (Wildman–Crippen MR) is 111 cm³/mol. The molecule has 0 unspecified atom stereocenters. The molecule has 0 saturated carbocycles. The summed E-state index contributed by atoms with van der Waals surface area (Å²) in [6, 6.07) is 27.1. The molecule has 0 bridgehead atoms. The third-order valence-corrected chi connectivity index (χ3v) is 4.89. The molecule has 1 N–H and O–H groups in total. The van der Waals surface area contributed by atoms with Gasteiger partial charge in [0.15, 0.2) is 0 Å². The lowest BCUT2D eigenvalue weighted by atomic mass is 9.98. The average molecular weight is 355 g/mol. The van der Waals surface area contributed by atoms with Gasteiger partial charge < -0.3 is 5.32 Å². The number of nitrogens with zero attached hydrogens (tertiary/aromatic N) is 1. The first-order valence-corrected chi connectivity index (χ1v) is 8.88. The van der Waals surface area contributed by atoms with Crippen molar-refractivity contribution in [3.63, 3.8) is 0 Å². The van der Waals surface area contributed by atoms with E-state index in [-0.39, 0.29) is 0 Å². The Morgan fingerprint density at radius 3 is 2.15 bits per heavy atom. The zero-order valence-corrected chi connectivity index (χ0v) is 14.7. The summed E-state index contributed by atoms with van der Waals surface area (Å²) >= 11 is 6.23. The van der Waals surface area contributed by atoms with E-state index < -0.39 is 0 Å². The first-order valence-electron chi connectivity index (χ1n) is 8.51. The van der Waals surface area contributed by atoms with Gasteiger partial charge in [-0.05, 0) is 52.6 Å². The Morgan fingerprint density at radius 1 is 0.692 bits per heavy atom. The maximum Gasteiger partial charge on any atom is 0.0730 e. The highest BCUT2D eigenvalue weighted by atomic mass is 35.5. The number of para-hydroxylation sites is 1. The SMILES string of the molecule is Clc1cnc2cc(Nc3ccccc3)c3cc4ccccc4cc3c2c1. The van der Waals surface area contributed by atoms with E-state index in [4.69, 9.17) is 11.6 Å². The molecule has 0 radical (unpaired) electrons. The van der Waals surface area contributed by atoms with Crippen molar-refractivity contribution in [3.8, 4) is 0 Å². The fourth-order valence-electron chi connectivity index (χ4n) is 3.46. The molecule has 4 aromatic carbocycles. The van der Waals surface area contributed by atoms with Gasteiger partial charge >= 0.3 is 0 Å². The number of aromatic nitrogens is 1. The van der Waals surface area contributed by atoms with Gasteiger partial charge in [-0.3, -0.25) is 4.98 Å². The van der Waals surface area contributed by atoms with E-state index in [1.165, 1.54) is 10.8 Å². The van der Waals surface area contributed by atoms with Crippen LogP contribution in [0.4, 0.5) is 11.4 Å². The quantitative estimate of drug-likeness (QED) is 0.274. The summed E-state index contributed by atoms with van der Waals surface area (Å²) in [7, 11) is 0. The van der Waals surface area contributed by atoms with Crippen LogP contribution in [0.2, 0.25) is 5.02 Å². The highest BCUT2D eigenvalue weighted by Crippen LogP contribution is 2.36. The van der Waals surface area contributed by atoms with Crippen LogP contribution in [0, 0.1) is 0 Å². The van der Waals surface area contributed by atoms with Gasteiger partial charge in [-0.25, -0.2) is 0 Å². The second kappa shape index (κ2) is 6.01. The summed E-state index contributed by atoms with van der Waals surface area (Å²) in [5, 5.41) is 9.99. The highest BCUT2D eigenvalue weighted by Gasteiger charge is 2.10. The summed E-state index contributed by atoms with van der Waals surface area (Å²) < 4.78 is 0. The third-order valence-electron chi connectivity index (χ3n) is 4.69. The molecular formula is C23H15ClN2. The van der Waals surface area contributed by atoms with Crippen LogP contribution in [-0.4, -0.2) is 4.98 Å². The van der Waals surface area contributed by atoms with Crippen LogP contribution >= 0.6 is 11.6 Å². The van der Waals surface area contributed by atoms with Crippen LogP contribution in [0.5, 0.6) is 0 Å². The molecule has 0 fully saturated rings. The zero-order valence-electron chi connectivity index (χ0n) is 13.9. The second-order valence-corrected chi connectivity index (χ2v) is 6.82. The lowest BCUT2D eigenvalue weighted by Gasteiger charge is -2.14. The molecule has 26 heavy (non-hydrogen) atoms. The van der Waals surface area contributed by atoms with E-state index in [0.717, 1.165) is 33.1 Å². The molecule has 0 aliphatic rings. The van der Waals surface area contributed by atoms with E-state index in [2.05, 4.69) is 64.9 Å². The molecule has 0 amide bonds. The van der Waals surface area contributed by atoms with Crippen molar-refractivity contribution in [2.75, 3.05) is 5.32 Å². The predicted octanol–water partition coefficient (Wildman–Crippen LogP) is 6.94. The normalized spacial score (nSPS) is 11.3. The fraction of sp³-hybridized carbons (Fsp3) is 0. The summed E-state index contributed by atoms with van der Waals surface area (Å²) in [5.41, 5.74) is 3.02. The number of anilines is 2. The smallest absolute Gasteiger partial charge is 0.0730 e. The Balaban J connectivity index is 1.87. The lowest BCUT2D eigenvalue weighted by molar-refractivity contribution is 1.42. The minimum atomic E-state index is 0.649. The molecular weight excluding hydrogens is 340 g/mol. The molecule has 0 spiro atoms. The molecule has 3 heteroatoms. The van der Waals surface area contributed by atoms with E-state index in [9.17, 15) is 0 Å². The first kappa shape index (κ1) is 15.2. The van der Waals surface area contributed by atoms with E-state index in [0.29, 0.717) is 5.02 Å². The van der Waals surface area contributed by atoms with Crippen molar-refractivity contribution in [2.45, 2.75) is 0 Å². The van der Waals surface area contributed by atoms with E-state index >= 15 is 0 Å². The van der Waals surface area contributed by atoms with E-state index in [1.54, 1.807) is 6.20 Å². The summed E-state index contributed by atoms with van der Waals surface area (Å²) in [4.78, 5) is 4.54. The number of hydrogen-bond acceptors (Lipinski definition) is 2. The molecule has 0 atom stereocenters. The molecule has 5 rings (SSSR count). The maximum atomic E-state index is 6.23. The minimum Gasteiger partial charge on any atom is -0.355 e. The van der Waals surface area contributed by atoms with Gasteiger partial charge in [0.25, 0.3) is 0 Å². The standard InChI is InChI=1S/C23H15ClN2/c24-17-12-21-19-10-15-6-4-5-7-16(15)11-20(19)23(13-22(21)25-14-17)26-18-8-2-1-3-9-18/h1-14,26H. The summed E-state index contributed by atoms with van der Waals surface area (Å²) in [6.07, 6.45) is 1.70. The van der Waals surface area contributed by atoms with Gasteiger partial charge in [-0.15, -0.1) is 0 Å². The number of halogens is 1. The number of nitrogens with one attached hydrogen (secondary N) is 1. The maximum absolute atomic E-state index is 6.23. The van der Waals surface area contributed by atoms with Gasteiger partial charge in [0.1, 0.15) is 0 Å². The molecule has 0 aliphatic carbocycles. The molecule has 1 heterocycles. The number of pyridine rings is 1. The Morgan fingerprint density at radius 2 is 1.38 bits per heavy atom. The highest BCUT2D eigenvalue weighted by molar-refractivity contribution is 6.31. The fourth-order valence-corrected chi connectivity index (χ4v) is 3.62. The molecule has 2 nitrogen and oxygen atoms in total. The van der Waals surface area contributed by atoms with Gasteiger partial charge in [0.2, 0.25) is 0 Å². The Hall–Kier alpha value is -3.10. The van der Waals surface area contributed by atoms with Crippen LogP contribution in [0.15, 0.2) is 85.1 Å². The van der Waals surface area contributed by atoms with Crippen molar-refractivity contribution < 1.29 is 0 Å². The molecule has 1 aromatic heterocycles. The first-order chi connectivity index (χ1) is 12.8. The monoisotopic (exact) mass is 354 g/mol. The second-order valence-electron chi connectivity index (χ2n) is 6.38. The Labute approximate surface area is 156 Å². The Kier molecular flexibility index (Phi) is 3.51. The minimum absolute atomic E-state index is 0.649. The summed E-state index contributed by atoms with van der Waals surface area (Å²) in [6.45, 7) is 0. The Bertz CT molecular complexity index is 1260. The van der Waals surface area contributed by atoms with Crippen LogP contribution < -0.4 is 5.32 Å². The van der Waals surface area contributed by atoms with Gasteiger partial charge in [0, 0.05) is 28.3 Å². The largest absolute Gasteiger partial charge is 0.355 e. The summed E-state index contributed by atoms with van der Waals surface area (Å²) in [5.74, 6) is 0. The van der Waals surface area contributed by atoms with Crippen molar-refractivity contribution in [2.24, 2.45) is 0 Å². The van der Waals surface area contributed by atoms with Gasteiger partial charge in [-0.1, -0.05) is 54.1 Å². The molecule has 5 aromatic rings. The van der Waals surface area contributed by atoms with Crippen LogP contribution in [0.25, 0.3) is 32.4 Å². The van der Waals surface area contributed by atoms with Crippen LogP contribution in [0.1, 0.15) is 0 Å².